The van der Waals surface area contributed by atoms with Crippen molar-refractivity contribution in [1.29, 1.82) is 10.5 Å². The summed E-state index contributed by atoms with van der Waals surface area (Å²) >= 11 is 3.38. The van der Waals surface area contributed by atoms with Gasteiger partial charge in [0.1, 0.15) is 11.0 Å². The Morgan fingerprint density at radius 3 is 1.59 bits per heavy atom. The van der Waals surface area contributed by atoms with Crippen LogP contribution in [0.1, 0.15) is 18.1 Å². The first-order valence-electron chi connectivity index (χ1n) is 14.2. The quantitative estimate of drug-likeness (QED) is 0.127. The summed E-state index contributed by atoms with van der Waals surface area (Å²) in [5.74, 6) is 0.860. The third kappa shape index (κ3) is 7.85. The van der Waals surface area contributed by atoms with Crippen molar-refractivity contribution in [3.63, 3.8) is 0 Å². The van der Waals surface area contributed by atoms with Gasteiger partial charge in [-0.15, -0.1) is 0 Å². The van der Waals surface area contributed by atoms with Gasteiger partial charge >= 0.3 is 12.4 Å². The van der Waals surface area contributed by atoms with Crippen LogP contribution >= 0.6 is 15.9 Å². The van der Waals surface area contributed by atoms with Crippen LogP contribution in [0.4, 0.5) is 32.0 Å². The first kappa shape index (κ1) is 34.9. The highest BCUT2D eigenvalue weighted by atomic mass is 79.9. The van der Waals surface area contributed by atoms with Crippen molar-refractivity contribution in [3.05, 3.63) is 101 Å². The molecule has 4 aromatic carbocycles. The van der Waals surface area contributed by atoms with Crippen molar-refractivity contribution >= 4 is 43.8 Å². The topological polar surface area (TPSA) is 121 Å². The van der Waals surface area contributed by atoms with E-state index in [0.717, 1.165) is 10.0 Å². The lowest BCUT2D eigenvalue weighted by atomic mass is 10.1. The summed E-state index contributed by atoms with van der Waals surface area (Å²) in [5, 5.41) is 20.5. The first-order chi connectivity index (χ1) is 23.2. The molecule has 250 valence electrons. The maximum atomic E-state index is 12.8. The standard InChI is InChI=1S/C20H15F6N3O2.C14H7BrN2O/c1-18(19(21,22)23,20(24,25)26)30-9-8-28-14-5-3-13(4-6-14)17-29-15-10-12(11-27)2-7-16(15)31-17;15-11-4-2-10(3-5-11)14-17-12-7-9(8-16)1-6-13(12)18-14/h2-7,10,28H,8-9H2,1H3;1-7H. The van der Waals surface area contributed by atoms with Crippen LogP contribution in [0.25, 0.3) is 45.1 Å². The summed E-state index contributed by atoms with van der Waals surface area (Å²) in [6.07, 6.45) is -11.2. The number of nitrogens with zero attached hydrogens (tertiary/aromatic N) is 4. The van der Waals surface area contributed by atoms with Crippen molar-refractivity contribution in [3.8, 4) is 35.0 Å². The van der Waals surface area contributed by atoms with Gasteiger partial charge in [-0.3, -0.25) is 0 Å². The number of hydrogen-bond donors (Lipinski definition) is 1. The fourth-order valence-corrected chi connectivity index (χ4v) is 4.60. The number of alkyl halides is 6. The Balaban J connectivity index is 0.000000219. The summed E-state index contributed by atoms with van der Waals surface area (Å²) < 4.78 is 93.1. The number of nitrogens with one attached hydrogen (secondary N) is 1. The zero-order chi connectivity index (χ0) is 35.4. The number of benzene rings is 4. The summed E-state index contributed by atoms with van der Waals surface area (Å²) in [5.41, 5.74) is 1.11. The maximum Gasteiger partial charge on any atom is 0.426 e. The summed E-state index contributed by atoms with van der Waals surface area (Å²) in [6.45, 7) is -1.13. The minimum Gasteiger partial charge on any atom is -0.436 e. The van der Waals surface area contributed by atoms with E-state index >= 15 is 0 Å². The molecule has 0 saturated heterocycles. The molecule has 6 rings (SSSR count). The van der Waals surface area contributed by atoms with Crippen LogP contribution in [0.5, 0.6) is 0 Å². The molecule has 0 saturated carbocycles. The van der Waals surface area contributed by atoms with Crippen LogP contribution in [0, 0.1) is 22.7 Å². The third-order valence-electron chi connectivity index (χ3n) is 7.16. The smallest absolute Gasteiger partial charge is 0.426 e. The number of halogens is 7. The second-order valence-electron chi connectivity index (χ2n) is 10.5. The lowest BCUT2D eigenvalue weighted by Gasteiger charge is -2.33. The molecule has 0 spiro atoms. The molecule has 0 radical (unpaired) electrons. The van der Waals surface area contributed by atoms with Crippen LogP contribution in [0.15, 0.2) is 98.2 Å². The number of nitriles is 2. The Bertz CT molecular complexity index is 2150. The molecule has 1 N–H and O–H groups in total. The molecule has 0 bridgehead atoms. The molecule has 49 heavy (non-hydrogen) atoms. The second kappa shape index (κ2) is 14.0. The second-order valence-corrected chi connectivity index (χ2v) is 11.4. The van der Waals surface area contributed by atoms with Crippen LogP contribution in [0.2, 0.25) is 0 Å². The average Bonchev–Trinajstić information content (AvgIpc) is 3.70. The molecule has 0 amide bonds. The summed E-state index contributed by atoms with van der Waals surface area (Å²) in [6, 6.07) is 28.2. The number of fused-ring (bicyclic) bond motifs is 2. The van der Waals surface area contributed by atoms with E-state index in [9.17, 15) is 26.3 Å². The van der Waals surface area contributed by atoms with Crippen molar-refractivity contribution in [1.82, 2.24) is 9.97 Å². The summed E-state index contributed by atoms with van der Waals surface area (Å²) in [4.78, 5) is 8.69. The zero-order valence-corrected chi connectivity index (χ0v) is 26.7. The van der Waals surface area contributed by atoms with E-state index in [1.54, 1.807) is 60.7 Å². The fourth-order valence-electron chi connectivity index (χ4n) is 4.34. The molecule has 0 aliphatic rings. The number of hydrogen-bond acceptors (Lipinski definition) is 8. The average molecular weight is 742 g/mol. The van der Waals surface area contributed by atoms with Crippen molar-refractivity contribution in [2.75, 3.05) is 18.5 Å². The normalized spacial score (nSPS) is 11.9. The van der Waals surface area contributed by atoms with Gasteiger partial charge in [-0.2, -0.15) is 36.9 Å². The van der Waals surface area contributed by atoms with Gasteiger partial charge in [0, 0.05) is 27.8 Å². The predicted octanol–water partition coefficient (Wildman–Crippen LogP) is 9.81. The molecule has 15 heteroatoms. The minimum atomic E-state index is -5.60. The minimum absolute atomic E-state index is 0.0400. The number of rotatable bonds is 7. The first-order valence-corrected chi connectivity index (χ1v) is 15.0. The fraction of sp³-hybridized carbons (Fsp3) is 0.176. The highest BCUT2D eigenvalue weighted by Gasteiger charge is 2.69. The molecule has 2 aromatic heterocycles. The summed E-state index contributed by atoms with van der Waals surface area (Å²) in [7, 11) is 0. The van der Waals surface area contributed by atoms with Gasteiger partial charge in [-0.1, -0.05) is 15.9 Å². The molecule has 0 aliphatic carbocycles. The predicted molar refractivity (Wildman–Crippen MR) is 171 cm³/mol. The van der Waals surface area contributed by atoms with Gasteiger partial charge < -0.3 is 18.9 Å². The van der Waals surface area contributed by atoms with E-state index in [0.29, 0.717) is 56.4 Å². The molecule has 2 heterocycles. The van der Waals surface area contributed by atoms with E-state index in [2.05, 4.69) is 42.0 Å². The number of oxazole rings is 2. The Morgan fingerprint density at radius 2 is 1.16 bits per heavy atom. The van der Waals surface area contributed by atoms with Gasteiger partial charge in [0.15, 0.2) is 11.2 Å². The Hall–Kier alpha value is -5.38. The van der Waals surface area contributed by atoms with Gasteiger partial charge in [-0.25, -0.2) is 9.97 Å². The Kier molecular flexibility index (Phi) is 9.98. The highest BCUT2D eigenvalue weighted by molar-refractivity contribution is 9.10. The van der Waals surface area contributed by atoms with E-state index in [4.69, 9.17) is 19.4 Å². The number of anilines is 1. The van der Waals surface area contributed by atoms with Gasteiger partial charge in [0.05, 0.1) is 29.9 Å². The molecule has 8 nitrogen and oxygen atoms in total. The third-order valence-corrected chi connectivity index (χ3v) is 7.69. The Labute approximate surface area is 282 Å². The van der Waals surface area contributed by atoms with Crippen LogP contribution in [-0.2, 0) is 4.74 Å². The molecule has 0 aliphatic heterocycles. The lowest BCUT2D eigenvalue weighted by Crippen LogP contribution is -2.56. The van der Waals surface area contributed by atoms with E-state index in [1.807, 2.05) is 30.3 Å². The van der Waals surface area contributed by atoms with Crippen LogP contribution in [-0.4, -0.2) is 41.1 Å². The van der Waals surface area contributed by atoms with E-state index < -0.39 is 24.6 Å². The Morgan fingerprint density at radius 1 is 0.714 bits per heavy atom. The SMILES string of the molecule is CC(OCCNc1ccc(-c2nc3cc(C#N)ccc3o2)cc1)(C(F)(F)F)C(F)(F)F.N#Cc1ccc2oc(-c3ccc(Br)cc3)nc2c1. The van der Waals surface area contributed by atoms with E-state index in [1.165, 1.54) is 0 Å². The van der Waals surface area contributed by atoms with Gasteiger partial charge in [-0.05, 0) is 91.9 Å². The molecular formula is C34H22BrF6N5O3. The molecule has 0 unspecified atom stereocenters. The van der Waals surface area contributed by atoms with Crippen molar-refractivity contribution in [2.45, 2.75) is 24.9 Å². The van der Waals surface area contributed by atoms with Crippen molar-refractivity contribution < 1.29 is 39.9 Å². The van der Waals surface area contributed by atoms with Crippen LogP contribution in [0.3, 0.4) is 0 Å². The molecule has 0 fully saturated rings. The van der Waals surface area contributed by atoms with E-state index in [-0.39, 0.29) is 13.5 Å². The van der Waals surface area contributed by atoms with Crippen molar-refractivity contribution in [2.24, 2.45) is 0 Å². The molecular weight excluding hydrogens is 720 g/mol. The molecule has 6 aromatic rings. The molecule has 0 atom stereocenters. The monoisotopic (exact) mass is 741 g/mol. The van der Waals surface area contributed by atoms with Gasteiger partial charge in [0.2, 0.25) is 11.8 Å². The maximum absolute atomic E-state index is 12.8. The lowest BCUT2D eigenvalue weighted by molar-refractivity contribution is -0.373. The zero-order valence-electron chi connectivity index (χ0n) is 25.2. The number of aromatic nitrogens is 2. The van der Waals surface area contributed by atoms with Crippen LogP contribution < -0.4 is 5.32 Å². The largest absolute Gasteiger partial charge is 0.436 e. The van der Waals surface area contributed by atoms with Gasteiger partial charge in [0.25, 0.3) is 5.60 Å². The number of ether oxygens (including phenoxy) is 1. The highest BCUT2D eigenvalue weighted by Crippen LogP contribution is 2.45.